The van der Waals surface area contributed by atoms with Gasteiger partial charge in [-0.2, -0.15) is 13.2 Å². The van der Waals surface area contributed by atoms with Gasteiger partial charge in [-0.05, 0) is 6.92 Å². The van der Waals surface area contributed by atoms with E-state index in [4.69, 9.17) is 5.11 Å². The summed E-state index contributed by atoms with van der Waals surface area (Å²) < 4.78 is 44.8. The molecule has 2 N–H and O–H groups in total. The Morgan fingerprint density at radius 1 is 1.38 bits per heavy atom. The average Bonchev–Trinajstić information content (AvgIpc) is 2.14. The van der Waals surface area contributed by atoms with E-state index in [9.17, 15) is 22.8 Å². The molecule has 0 rings (SSSR count). The van der Waals surface area contributed by atoms with Crippen LogP contribution in [0.1, 0.15) is 6.92 Å². The monoisotopic (exact) mass is 245 g/mol. The van der Waals surface area contributed by atoms with Gasteiger partial charge >= 0.3 is 24.0 Å². The fraction of sp³-hybridized carbons (Fsp3) is 0.714. The number of rotatable bonds is 3. The zero-order valence-electron chi connectivity index (χ0n) is 8.42. The van der Waals surface area contributed by atoms with Crippen molar-refractivity contribution in [3.05, 3.63) is 0 Å². The minimum Gasteiger partial charge on any atom is -0.465 e. The molecule has 0 radical (unpaired) electrons. The molecule has 0 aromatic rings. The van der Waals surface area contributed by atoms with Crippen molar-refractivity contribution in [1.82, 2.24) is 5.32 Å². The highest BCUT2D eigenvalue weighted by molar-refractivity contribution is 5.84. The maximum Gasteiger partial charge on any atom is 0.448 e. The Hall–Kier alpha value is -1.51. The largest absolute Gasteiger partial charge is 0.465 e. The molecule has 0 unspecified atom stereocenters. The minimum absolute atomic E-state index is 0.221. The number of hydrogen-bond acceptors (Lipinski definition) is 5. The predicted octanol–water partition coefficient (Wildman–Crippen LogP) is 0.156. The molecule has 0 aliphatic carbocycles. The van der Waals surface area contributed by atoms with Gasteiger partial charge in [0.15, 0.2) is 0 Å². The third-order valence-corrected chi connectivity index (χ3v) is 1.45. The summed E-state index contributed by atoms with van der Waals surface area (Å²) in [6.07, 6.45) is -7.01. The van der Waals surface area contributed by atoms with Gasteiger partial charge in [-0.15, -0.1) is 0 Å². The van der Waals surface area contributed by atoms with Crippen LogP contribution in [-0.4, -0.2) is 42.8 Å². The smallest absolute Gasteiger partial charge is 0.448 e. The van der Waals surface area contributed by atoms with Gasteiger partial charge < -0.3 is 14.6 Å². The minimum atomic E-state index is -5.42. The van der Waals surface area contributed by atoms with E-state index in [2.05, 4.69) is 9.47 Å². The van der Waals surface area contributed by atoms with Crippen LogP contribution in [0.5, 0.6) is 0 Å². The molecule has 0 saturated carbocycles. The van der Waals surface area contributed by atoms with Crippen LogP contribution in [0, 0.1) is 0 Å². The molecular formula is C7H10F3NO5. The number of nitrogens with one attached hydrogen (secondary N) is 1. The standard InChI is InChI=1S/C7H10F3NO5/c1-3-16-5(13)11-6(14,4(12)15-2)7(8,9)10/h14H,3H2,1-2H3,(H,11,13)/t6-/m0/s1. The molecule has 6 nitrogen and oxygen atoms in total. The Kier molecular flexibility index (Phi) is 4.54. The summed E-state index contributed by atoms with van der Waals surface area (Å²) >= 11 is 0. The van der Waals surface area contributed by atoms with Crippen LogP contribution >= 0.6 is 0 Å². The van der Waals surface area contributed by atoms with Gasteiger partial charge in [0.05, 0.1) is 13.7 Å². The van der Waals surface area contributed by atoms with Gasteiger partial charge in [-0.25, -0.2) is 9.59 Å². The first kappa shape index (κ1) is 14.5. The van der Waals surface area contributed by atoms with E-state index in [1.807, 2.05) is 0 Å². The molecule has 0 bridgehead atoms. The summed E-state index contributed by atoms with van der Waals surface area (Å²) in [5, 5.41) is 9.98. The number of methoxy groups -OCH3 is 1. The van der Waals surface area contributed by atoms with Crippen molar-refractivity contribution in [1.29, 1.82) is 0 Å². The van der Waals surface area contributed by atoms with Crippen LogP contribution in [0.2, 0.25) is 0 Å². The normalized spacial score (nSPS) is 14.9. The molecular weight excluding hydrogens is 235 g/mol. The fourth-order valence-electron chi connectivity index (χ4n) is 0.700. The lowest BCUT2D eigenvalue weighted by Crippen LogP contribution is -2.64. The van der Waals surface area contributed by atoms with Crippen molar-refractivity contribution in [2.45, 2.75) is 18.8 Å². The second kappa shape index (κ2) is 5.01. The van der Waals surface area contributed by atoms with E-state index in [0.717, 1.165) is 5.32 Å². The number of halogens is 3. The predicted molar refractivity (Wildman–Crippen MR) is 43.2 cm³/mol. The zero-order chi connectivity index (χ0) is 13.0. The van der Waals surface area contributed by atoms with E-state index in [-0.39, 0.29) is 6.61 Å². The van der Waals surface area contributed by atoms with Crippen LogP contribution in [0.15, 0.2) is 0 Å². The Bertz CT molecular complexity index is 280. The molecule has 0 spiro atoms. The van der Waals surface area contributed by atoms with Crippen LogP contribution in [0.3, 0.4) is 0 Å². The van der Waals surface area contributed by atoms with Crippen molar-refractivity contribution in [2.24, 2.45) is 0 Å². The molecule has 0 aliphatic heterocycles. The van der Waals surface area contributed by atoms with E-state index < -0.39 is 24.0 Å². The Morgan fingerprint density at radius 3 is 2.19 bits per heavy atom. The third kappa shape index (κ3) is 2.99. The van der Waals surface area contributed by atoms with E-state index in [0.29, 0.717) is 7.11 Å². The number of alkyl carbamates (subject to hydrolysis) is 1. The second-order valence-corrected chi connectivity index (χ2v) is 2.55. The summed E-state index contributed by atoms with van der Waals surface area (Å²) in [5.41, 5.74) is -4.12. The summed E-state index contributed by atoms with van der Waals surface area (Å²) in [6.45, 7) is 1.12. The summed E-state index contributed by atoms with van der Waals surface area (Å²) in [7, 11) is 0.631. The molecule has 0 fully saturated rings. The highest BCUT2D eigenvalue weighted by Gasteiger charge is 2.62. The van der Waals surface area contributed by atoms with Gasteiger partial charge in [0.2, 0.25) is 0 Å². The van der Waals surface area contributed by atoms with Crippen molar-refractivity contribution in [3.8, 4) is 0 Å². The van der Waals surface area contributed by atoms with Gasteiger partial charge in [0.1, 0.15) is 0 Å². The van der Waals surface area contributed by atoms with Gasteiger partial charge in [-0.1, -0.05) is 0 Å². The highest BCUT2D eigenvalue weighted by Crippen LogP contribution is 2.29. The third-order valence-electron chi connectivity index (χ3n) is 1.45. The number of carbonyl (C=O) groups is 2. The number of aliphatic hydroxyl groups is 1. The van der Waals surface area contributed by atoms with Crippen LogP contribution in [0.4, 0.5) is 18.0 Å². The number of ether oxygens (including phenoxy) is 2. The second-order valence-electron chi connectivity index (χ2n) is 2.55. The maximum atomic E-state index is 12.3. The highest BCUT2D eigenvalue weighted by atomic mass is 19.4. The van der Waals surface area contributed by atoms with Crippen molar-refractivity contribution >= 4 is 12.1 Å². The molecule has 0 aromatic heterocycles. The van der Waals surface area contributed by atoms with Gasteiger partial charge in [0, 0.05) is 0 Å². The Balaban J connectivity index is 4.96. The van der Waals surface area contributed by atoms with Crippen LogP contribution < -0.4 is 5.32 Å². The molecule has 0 heterocycles. The summed E-state index contributed by atoms with van der Waals surface area (Å²) in [5.74, 6) is -2.06. The van der Waals surface area contributed by atoms with Gasteiger partial charge in [0.25, 0.3) is 0 Å². The molecule has 16 heavy (non-hydrogen) atoms. The molecule has 0 saturated heterocycles. The fourth-order valence-corrected chi connectivity index (χ4v) is 0.700. The summed E-state index contributed by atoms with van der Waals surface area (Å²) in [4.78, 5) is 21.5. The van der Waals surface area contributed by atoms with Crippen LogP contribution in [0.25, 0.3) is 0 Å². The molecule has 0 aromatic carbocycles. The number of carbonyl (C=O) groups excluding carboxylic acids is 2. The number of hydrogen-bond donors (Lipinski definition) is 2. The first-order valence-electron chi connectivity index (χ1n) is 4.01. The molecule has 94 valence electrons. The topological polar surface area (TPSA) is 84.9 Å². The van der Waals surface area contributed by atoms with E-state index in [1.165, 1.54) is 6.92 Å². The van der Waals surface area contributed by atoms with Gasteiger partial charge in [-0.3, -0.25) is 5.32 Å². The zero-order valence-corrected chi connectivity index (χ0v) is 8.42. The Morgan fingerprint density at radius 2 is 1.88 bits per heavy atom. The van der Waals surface area contributed by atoms with Crippen molar-refractivity contribution in [3.63, 3.8) is 0 Å². The summed E-state index contributed by atoms with van der Waals surface area (Å²) in [6, 6.07) is 0. The SMILES string of the molecule is CCOC(=O)N[C@](O)(C(=O)OC)C(F)(F)F. The lowest BCUT2D eigenvalue weighted by Gasteiger charge is -2.27. The quantitative estimate of drug-likeness (QED) is 0.546. The first-order chi connectivity index (χ1) is 7.19. The maximum absolute atomic E-state index is 12.3. The lowest BCUT2D eigenvalue weighted by molar-refractivity contribution is -0.269. The molecule has 0 aliphatic rings. The van der Waals surface area contributed by atoms with Crippen LogP contribution in [-0.2, 0) is 14.3 Å². The molecule has 9 heteroatoms. The van der Waals surface area contributed by atoms with Crippen molar-refractivity contribution in [2.75, 3.05) is 13.7 Å². The Labute approximate surface area is 88.3 Å². The number of amides is 1. The van der Waals surface area contributed by atoms with E-state index >= 15 is 0 Å². The first-order valence-corrected chi connectivity index (χ1v) is 4.01. The lowest BCUT2D eigenvalue weighted by atomic mass is 10.2. The number of alkyl halides is 3. The van der Waals surface area contributed by atoms with Crippen molar-refractivity contribution < 1.29 is 37.3 Å². The average molecular weight is 245 g/mol. The van der Waals surface area contributed by atoms with E-state index in [1.54, 1.807) is 0 Å². The molecule has 1 atom stereocenters. The number of esters is 1. The molecule has 1 amide bonds.